The van der Waals surface area contributed by atoms with Crippen LogP contribution >= 0.6 is 0 Å². The number of hydrogen-bond donors (Lipinski definition) is 4. The standard InChI is InChI=1S/C21H23F2N5O2/c22-12-5-13-14(9-25-18(13)24-8-12)19-26-10-15(23)20(28-19)27-16(6-17(29)30)21-3-1-11(7-21)2-4-21/h5,8-11,16,19,27-28H,1-4,6-7H2,(H,24,25)(H,29,30). The Kier molecular flexibility index (Phi) is 4.48. The molecule has 2 saturated carbocycles. The molecule has 5 rings (SSSR count). The number of carboxylic acid groups (broad SMARTS) is 1. The number of aromatic nitrogens is 2. The van der Waals surface area contributed by atoms with Crippen LogP contribution in [0.5, 0.6) is 0 Å². The fraction of sp³-hybridized carbons (Fsp3) is 0.476. The van der Waals surface area contributed by atoms with E-state index in [0.29, 0.717) is 22.5 Å². The second-order valence-corrected chi connectivity index (χ2v) is 8.65. The lowest BCUT2D eigenvalue weighted by Gasteiger charge is -2.38. The molecule has 2 atom stereocenters. The fourth-order valence-corrected chi connectivity index (χ4v) is 5.44. The molecule has 0 aromatic carbocycles. The van der Waals surface area contributed by atoms with Crippen LogP contribution in [0.2, 0.25) is 0 Å². The summed E-state index contributed by atoms with van der Waals surface area (Å²) in [6, 6.07) is 0.987. The Bertz CT molecular complexity index is 1050. The Morgan fingerprint density at radius 1 is 1.37 bits per heavy atom. The van der Waals surface area contributed by atoms with E-state index in [1.165, 1.54) is 6.07 Å². The average molecular weight is 415 g/mol. The number of hydrogen-bond acceptors (Lipinski definition) is 5. The number of nitrogens with one attached hydrogen (secondary N) is 3. The minimum absolute atomic E-state index is 0.0742. The quantitative estimate of drug-likeness (QED) is 0.578. The van der Waals surface area contributed by atoms with Gasteiger partial charge in [-0.05, 0) is 49.5 Å². The van der Waals surface area contributed by atoms with E-state index >= 15 is 0 Å². The van der Waals surface area contributed by atoms with Crippen LogP contribution in [0.25, 0.3) is 11.0 Å². The summed E-state index contributed by atoms with van der Waals surface area (Å²) in [5.74, 6) is -1.18. The monoisotopic (exact) mass is 415 g/mol. The number of fused-ring (bicyclic) bond motifs is 3. The zero-order valence-electron chi connectivity index (χ0n) is 16.3. The molecule has 2 fully saturated rings. The molecule has 0 amide bonds. The molecule has 2 aromatic rings. The maximum Gasteiger partial charge on any atom is 0.305 e. The third-order valence-electron chi connectivity index (χ3n) is 6.91. The second kappa shape index (κ2) is 7.07. The van der Waals surface area contributed by atoms with E-state index < -0.39 is 23.8 Å². The molecule has 3 heterocycles. The van der Waals surface area contributed by atoms with E-state index in [1.54, 1.807) is 6.20 Å². The SMILES string of the molecule is O=C(O)CC(NC1=C(F)C=NC(c2c[nH]c3ncc(F)cc23)N1)C12CCC(CC1)C2. The van der Waals surface area contributed by atoms with Crippen molar-refractivity contribution >= 4 is 23.2 Å². The highest BCUT2D eigenvalue weighted by molar-refractivity contribution is 5.82. The van der Waals surface area contributed by atoms with Gasteiger partial charge in [0.2, 0.25) is 0 Å². The first kappa shape index (κ1) is 19.0. The Labute approximate surface area is 171 Å². The van der Waals surface area contributed by atoms with Crippen molar-refractivity contribution in [3.8, 4) is 0 Å². The van der Waals surface area contributed by atoms with Gasteiger partial charge in [-0.3, -0.25) is 9.79 Å². The second-order valence-electron chi connectivity index (χ2n) is 8.65. The van der Waals surface area contributed by atoms with Gasteiger partial charge >= 0.3 is 5.97 Å². The van der Waals surface area contributed by atoms with Crippen LogP contribution in [0.15, 0.2) is 35.1 Å². The van der Waals surface area contributed by atoms with Crippen molar-refractivity contribution in [3.05, 3.63) is 41.5 Å². The highest BCUT2D eigenvalue weighted by Gasteiger charge is 2.50. The summed E-state index contributed by atoms with van der Waals surface area (Å²) in [6.07, 6.45) is 8.30. The number of allylic oxidation sites excluding steroid dienone is 1. The van der Waals surface area contributed by atoms with Gasteiger partial charge < -0.3 is 20.7 Å². The van der Waals surface area contributed by atoms with Gasteiger partial charge in [-0.25, -0.2) is 13.8 Å². The van der Waals surface area contributed by atoms with Gasteiger partial charge in [-0.15, -0.1) is 0 Å². The van der Waals surface area contributed by atoms with Crippen LogP contribution in [0.1, 0.15) is 50.3 Å². The van der Waals surface area contributed by atoms with Crippen molar-refractivity contribution in [2.24, 2.45) is 16.3 Å². The third-order valence-corrected chi connectivity index (χ3v) is 6.91. The number of carboxylic acids is 1. The van der Waals surface area contributed by atoms with Crippen molar-refractivity contribution in [1.82, 2.24) is 20.6 Å². The zero-order valence-corrected chi connectivity index (χ0v) is 16.3. The molecular weight excluding hydrogens is 392 g/mol. The summed E-state index contributed by atoms with van der Waals surface area (Å²) in [5.41, 5.74) is 1.03. The van der Waals surface area contributed by atoms with Crippen molar-refractivity contribution in [2.45, 2.75) is 50.7 Å². The van der Waals surface area contributed by atoms with Gasteiger partial charge in [0, 0.05) is 23.2 Å². The first-order valence-electron chi connectivity index (χ1n) is 10.2. The number of halogens is 2. The van der Waals surface area contributed by atoms with Crippen LogP contribution < -0.4 is 10.6 Å². The minimum atomic E-state index is -0.905. The van der Waals surface area contributed by atoms with Crippen LogP contribution in [0, 0.1) is 17.2 Å². The van der Waals surface area contributed by atoms with Gasteiger partial charge in [0.25, 0.3) is 0 Å². The number of aliphatic imine (C=N–C) groups is 1. The lowest BCUT2D eigenvalue weighted by Crippen LogP contribution is -2.48. The van der Waals surface area contributed by atoms with Crippen LogP contribution in [0.3, 0.4) is 0 Å². The summed E-state index contributed by atoms with van der Waals surface area (Å²) in [6.45, 7) is 0. The number of aromatic amines is 1. The normalized spacial score (nSPS) is 28.7. The summed E-state index contributed by atoms with van der Waals surface area (Å²) in [7, 11) is 0. The summed E-state index contributed by atoms with van der Waals surface area (Å²) >= 11 is 0. The topological polar surface area (TPSA) is 102 Å². The largest absolute Gasteiger partial charge is 0.481 e. The van der Waals surface area contributed by atoms with E-state index in [9.17, 15) is 18.7 Å². The van der Waals surface area contributed by atoms with E-state index in [-0.39, 0.29) is 23.7 Å². The molecule has 2 bridgehead atoms. The van der Waals surface area contributed by atoms with Gasteiger partial charge in [0.05, 0.1) is 18.8 Å². The fourth-order valence-electron chi connectivity index (χ4n) is 5.44. The first-order chi connectivity index (χ1) is 14.4. The molecule has 0 spiro atoms. The molecule has 3 aliphatic rings. The molecule has 0 radical (unpaired) electrons. The van der Waals surface area contributed by atoms with Crippen LogP contribution in [-0.2, 0) is 4.79 Å². The molecular formula is C21H23F2N5O2. The summed E-state index contributed by atoms with van der Waals surface area (Å²) < 4.78 is 28.3. The lowest BCUT2D eigenvalue weighted by molar-refractivity contribution is -0.138. The number of pyridine rings is 1. The van der Waals surface area contributed by atoms with Gasteiger partial charge in [0.15, 0.2) is 5.83 Å². The first-order valence-corrected chi connectivity index (χ1v) is 10.2. The number of rotatable bonds is 6. The lowest BCUT2D eigenvalue weighted by atomic mass is 9.76. The molecule has 4 N–H and O–H groups in total. The van der Waals surface area contributed by atoms with Crippen molar-refractivity contribution < 1.29 is 18.7 Å². The maximum absolute atomic E-state index is 14.6. The minimum Gasteiger partial charge on any atom is -0.481 e. The van der Waals surface area contributed by atoms with E-state index in [1.807, 2.05) is 0 Å². The smallest absolute Gasteiger partial charge is 0.305 e. The Hall–Kier alpha value is -2.97. The van der Waals surface area contributed by atoms with E-state index in [4.69, 9.17) is 0 Å². The van der Waals surface area contributed by atoms with Gasteiger partial charge in [-0.2, -0.15) is 0 Å². The van der Waals surface area contributed by atoms with Crippen LogP contribution in [0.4, 0.5) is 8.78 Å². The molecule has 30 heavy (non-hydrogen) atoms. The maximum atomic E-state index is 14.6. The molecule has 9 heteroatoms. The third kappa shape index (κ3) is 3.22. The predicted octanol–water partition coefficient (Wildman–Crippen LogP) is 3.53. The molecule has 2 aromatic heterocycles. The zero-order chi connectivity index (χ0) is 20.9. The summed E-state index contributed by atoms with van der Waals surface area (Å²) in [4.78, 5) is 22.7. The predicted molar refractivity (Wildman–Crippen MR) is 107 cm³/mol. The van der Waals surface area contributed by atoms with Crippen molar-refractivity contribution in [1.29, 1.82) is 0 Å². The van der Waals surface area contributed by atoms with Gasteiger partial charge in [-0.1, -0.05) is 0 Å². The summed E-state index contributed by atoms with van der Waals surface area (Å²) in [5, 5.41) is 16.2. The van der Waals surface area contributed by atoms with Crippen molar-refractivity contribution in [2.75, 3.05) is 0 Å². The molecule has 2 unspecified atom stereocenters. The van der Waals surface area contributed by atoms with Crippen LogP contribution in [-0.4, -0.2) is 33.3 Å². The average Bonchev–Trinajstić information content (AvgIpc) is 3.43. The number of carbonyl (C=O) groups is 1. The number of aliphatic carboxylic acids is 1. The molecule has 158 valence electrons. The van der Waals surface area contributed by atoms with Crippen molar-refractivity contribution in [3.63, 3.8) is 0 Å². The Morgan fingerprint density at radius 3 is 2.87 bits per heavy atom. The molecule has 1 aliphatic heterocycles. The Balaban J connectivity index is 1.41. The highest BCUT2D eigenvalue weighted by Crippen LogP contribution is 2.56. The number of nitrogens with zero attached hydrogens (tertiary/aromatic N) is 2. The highest BCUT2D eigenvalue weighted by atomic mass is 19.1. The van der Waals surface area contributed by atoms with E-state index in [0.717, 1.165) is 44.5 Å². The Morgan fingerprint density at radius 2 is 2.17 bits per heavy atom. The van der Waals surface area contributed by atoms with E-state index in [2.05, 4.69) is 25.6 Å². The van der Waals surface area contributed by atoms with Gasteiger partial charge in [0.1, 0.15) is 23.5 Å². The number of H-pyrrole nitrogens is 1. The molecule has 7 nitrogen and oxygen atoms in total. The molecule has 0 saturated heterocycles. The molecule has 2 aliphatic carbocycles.